The molecule has 6 heteroatoms. The van der Waals surface area contributed by atoms with E-state index in [4.69, 9.17) is 9.47 Å². The number of benzene rings is 4. The highest BCUT2D eigenvalue weighted by molar-refractivity contribution is 7.22. The molecule has 0 aliphatic rings. The van der Waals surface area contributed by atoms with Crippen LogP contribution in [0, 0.1) is 0 Å². The molecular formula is C28H23N3O2S. The molecular weight excluding hydrogens is 442 g/mol. The van der Waals surface area contributed by atoms with Crippen molar-refractivity contribution in [2.24, 2.45) is 5.10 Å². The summed E-state index contributed by atoms with van der Waals surface area (Å²) in [6.45, 7) is 0.919. The van der Waals surface area contributed by atoms with E-state index < -0.39 is 0 Å². The number of anilines is 1. The smallest absolute Gasteiger partial charge is 0.204 e. The van der Waals surface area contributed by atoms with Crippen LogP contribution in [0.1, 0.15) is 16.7 Å². The largest absolute Gasteiger partial charge is 0.485 e. The minimum Gasteiger partial charge on any atom is -0.485 e. The number of hydrazone groups is 1. The van der Waals surface area contributed by atoms with E-state index in [0.717, 1.165) is 32.0 Å². The van der Waals surface area contributed by atoms with Crippen molar-refractivity contribution in [3.05, 3.63) is 120 Å². The van der Waals surface area contributed by atoms with Crippen LogP contribution in [0.5, 0.6) is 11.5 Å². The molecule has 168 valence electrons. The maximum absolute atomic E-state index is 6.14. The maximum atomic E-state index is 6.14. The van der Waals surface area contributed by atoms with Gasteiger partial charge >= 0.3 is 0 Å². The molecule has 4 aromatic carbocycles. The maximum Gasteiger partial charge on any atom is 0.204 e. The van der Waals surface area contributed by atoms with Crippen LogP contribution in [-0.2, 0) is 13.2 Å². The molecule has 5 rings (SSSR count). The van der Waals surface area contributed by atoms with E-state index in [0.29, 0.717) is 24.7 Å². The number of nitrogens with zero attached hydrogens (tertiary/aromatic N) is 2. The Kier molecular flexibility index (Phi) is 6.78. The van der Waals surface area contributed by atoms with Crippen molar-refractivity contribution in [3.63, 3.8) is 0 Å². The highest BCUT2D eigenvalue weighted by Gasteiger charge is 2.08. The Hall–Kier alpha value is -4.16. The first-order chi connectivity index (χ1) is 16.8. The molecule has 0 amide bonds. The van der Waals surface area contributed by atoms with Crippen molar-refractivity contribution < 1.29 is 9.47 Å². The number of hydrogen-bond donors (Lipinski definition) is 1. The Morgan fingerprint density at radius 3 is 2.09 bits per heavy atom. The molecule has 0 saturated carbocycles. The highest BCUT2D eigenvalue weighted by atomic mass is 32.1. The van der Waals surface area contributed by atoms with Crippen molar-refractivity contribution in [1.29, 1.82) is 0 Å². The van der Waals surface area contributed by atoms with Gasteiger partial charge in [-0.15, -0.1) is 0 Å². The van der Waals surface area contributed by atoms with Gasteiger partial charge < -0.3 is 9.47 Å². The summed E-state index contributed by atoms with van der Waals surface area (Å²) in [5.74, 6) is 1.36. The van der Waals surface area contributed by atoms with Gasteiger partial charge in [0.25, 0.3) is 0 Å². The fraction of sp³-hybridized carbons (Fsp3) is 0.0714. The van der Waals surface area contributed by atoms with Gasteiger partial charge in [0, 0.05) is 0 Å². The van der Waals surface area contributed by atoms with Gasteiger partial charge in [0.15, 0.2) is 11.5 Å². The van der Waals surface area contributed by atoms with E-state index in [9.17, 15) is 0 Å². The second kappa shape index (κ2) is 10.6. The lowest BCUT2D eigenvalue weighted by molar-refractivity contribution is 0.256. The molecule has 1 aromatic heterocycles. The standard InChI is InChI=1S/C28H23N3O2S/c1-3-9-21(10-4-1)19-32-25-16-15-23(17-26(25)33-20-22-11-5-2-6-12-22)18-29-31-28-30-24-13-7-8-14-27(24)34-28/h1-18H,19-20H2,(H,30,31). The predicted octanol–water partition coefficient (Wildman–Crippen LogP) is 6.90. The molecule has 0 saturated heterocycles. The van der Waals surface area contributed by atoms with Gasteiger partial charge in [-0.1, -0.05) is 84.1 Å². The van der Waals surface area contributed by atoms with Crippen LogP contribution in [0.3, 0.4) is 0 Å². The topological polar surface area (TPSA) is 55.7 Å². The lowest BCUT2D eigenvalue weighted by Gasteiger charge is -2.14. The van der Waals surface area contributed by atoms with Gasteiger partial charge in [-0.3, -0.25) is 5.43 Å². The first-order valence-corrected chi connectivity index (χ1v) is 11.8. The summed E-state index contributed by atoms with van der Waals surface area (Å²) in [5, 5.41) is 5.12. The average Bonchev–Trinajstić information content (AvgIpc) is 3.31. The van der Waals surface area contributed by atoms with Crippen LogP contribution in [-0.4, -0.2) is 11.2 Å². The van der Waals surface area contributed by atoms with E-state index in [1.807, 2.05) is 103 Å². The molecule has 0 atom stereocenters. The number of thiazole rings is 1. The number of ether oxygens (including phenoxy) is 2. The number of nitrogens with one attached hydrogen (secondary N) is 1. The summed E-state index contributed by atoms with van der Waals surface area (Å²) in [4.78, 5) is 4.54. The van der Waals surface area contributed by atoms with Crippen molar-refractivity contribution in [3.8, 4) is 11.5 Å². The van der Waals surface area contributed by atoms with Gasteiger partial charge in [-0.2, -0.15) is 5.10 Å². The normalized spacial score (nSPS) is 11.1. The van der Waals surface area contributed by atoms with Gasteiger partial charge in [-0.25, -0.2) is 4.98 Å². The molecule has 0 aliphatic heterocycles. The summed E-state index contributed by atoms with van der Waals surface area (Å²) in [6, 6.07) is 34.0. The molecule has 5 nitrogen and oxygen atoms in total. The van der Waals surface area contributed by atoms with Crippen LogP contribution < -0.4 is 14.9 Å². The molecule has 1 N–H and O–H groups in total. The van der Waals surface area contributed by atoms with E-state index >= 15 is 0 Å². The molecule has 34 heavy (non-hydrogen) atoms. The fourth-order valence-corrected chi connectivity index (χ4v) is 4.21. The molecule has 1 heterocycles. The lowest BCUT2D eigenvalue weighted by atomic mass is 10.2. The molecule has 5 aromatic rings. The quantitative estimate of drug-likeness (QED) is 0.190. The van der Waals surface area contributed by atoms with Crippen LogP contribution in [0.4, 0.5) is 5.13 Å². The van der Waals surface area contributed by atoms with E-state index in [1.54, 1.807) is 17.6 Å². The first kappa shape index (κ1) is 21.7. The number of aromatic nitrogens is 1. The number of para-hydroxylation sites is 1. The fourth-order valence-electron chi connectivity index (χ4n) is 3.39. The third-order valence-corrected chi connectivity index (χ3v) is 6.05. The average molecular weight is 466 g/mol. The molecule has 0 unspecified atom stereocenters. The van der Waals surface area contributed by atoms with Gasteiger partial charge in [0.1, 0.15) is 13.2 Å². The Bertz CT molecular complexity index is 1350. The highest BCUT2D eigenvalue weighted by Crippen LogP contribution is 2.30. The van der Waals surface area contributed by atoms with Crippen molar-refractivity contribution in [2.75, 3.05) is 5.43 Å². The third-order valence-electron chi connectivity index (χ3n) is 5.11. The van der Waals surface area contributed by atoms with Crippen molar-refractivity contribution >= 4 is 32.9 Å². The van der Waals surface area contributed by atoms with E-state index in [-0.39, 0.29) is 0 Å². The third kappa shape index (κ3) is 5.60. The minimum absolute atomic E-state index is 0.451. The van der Waals surface area contributed by atoms with E-state index in [2.05, 4.69) is 15.5 Å². The van der Waals surface area contributed by atoms with Gasteiger partial charge in [0.2, 0.25) is 5.13 Å². The summed E-state index contributed by atoms with van der Waals surface area (Å²) >= 11 is 1.57. The van der Waals surface area contributed by atoms with Crippen LogP contribution in [0.15, 0.2) is 108 Å². The first-order valence-electron chi connectivity index (χ1n) is 11.0. The molecule has 0 bridgehead atoms. The van der Waals surface area contributed by atoms with Crippen LogP contribution in [0.2, 0.25) is 0 Å². The lowest BCUT2D eigenvalue weighted by Crippen LogP contribution is -2.01. The number of hydrogen-bond acceptors (Lipinski definition) is 6. The summed E-state index contributed by atoms with van der Waals surface area (Å²) in [5.41, 5.74) is 7.07. The zero-order valence-electron chi connectivity index (χ0n) is 18.4. The molecule has 0 fully saturated rings. The van der Waals surface area contributed by atoms with Crippen LogP contribution >= 0.6 is 11.3 Å². The molecule has 0 aliphatic carbocycles. The number of rotatable bonds is 9. The summed E-state index contributed by atoms with van der Waals surface area (Å²) < 4.78 is 13.3. The van der Waals surface area contributed by atoms with Gasteiger partial charge in [0.05, 0.1) is 16.4 Å². The summed E-state index contributed by atoms with van der Waals surface area (Å²) in [7, 11) is 0. The van der Waals surface area contributed by atoms with Crippen molar-refractivity contribution in [2.45, 2.75) is 13.2 Å². The van der Waals surface area contributed by atoms with E-state index in [1.165, 1.54) is 0 Å². The Labute approximate surface area is 202 Å². The molecule has 0 radical (unpaired) electrons. The Morgan fingerprint density at radius 1 is 0.735 bits per heavy atom. The van der Waals surface area contributed by atoms with Crippen molar-refractivity contribution in [1.82, 2.24) is 4.98 Å². The Balaban J connectivity index is 1.31. The van der Waals surface area contributed by atoms with Crippen LogP contribution in [0.25, 0.3) is 10.2 Å². The second-order valence-electron chi connectivity index (χ2n) is 7.61. The predicted molar refractivity (Wildman–Crippen MR) is 139 cm³/mol. The monoisotopic (exact) mass is 465 g/mol. The summed E-state index contributed by atoms with van der Waals surface area (Å²) in [6.07, 6.45) is 1.75. The second-order valence-corrected chi connectivity index (χ2v) is 8.64. The minimum atomic E-state index is 0.451. The van der Waals surface area contributed by atoms with Gasteiger partial charge in [-0.05, 0) is 47.0 Å². The zero-order chi connectivity index (χ0) is 23.0. The zero-order valence-corrected chi connectivity index (χ0v) is 19.2. The Morgan fingerprint density at radius 2 is 1.38 bits per heavy atom. The molecule has 0 spiro atoms. The SMILES string of the molecule is C(=NNc1nc2ccccc2s1)c1ccc(OCc2ccccc2)c(OCc2ccccc2)c1. The number of fused-ring (bicyclic) bond motifs is 1.